The van der Waals surface area contributed by atoms with Crippen molar-refractivity contribution in [3.05, 3.63) is 16.5 Å². The molecule has 2 aliphatic heterocycles. The van der Waals surface area contributed by atoms with Crippen molar-refractivity contribution in [1.82, 2.24) is 14.1 Å². The molecule has 29 heavy (non-hydrogen) atoms. The lowest BCUT2D eigenvalue weighted by Crippen LogP contribution is -2.49. The number of halogens is 1. The molecule has 2 atom stereocenters. The molecule has 3 heterocycles. The molecule has 1 aromatic rings. The number of carbonyl (C=O) groups is 1. The van der Waals surface area contributed by atoms with Crippen LogP contribution in [-0.2, 0) is 19.6 Å². The number of likely N-dealkylation sites (tertiary alicyclic amines) is 1. The SMILES string of the molecule is CC1CN(CC2CCN(C(=O)CN(C)S(=O)(=O)c3ccc(Cl)s3)CC2)CC(C)O1. The Hall–Kier alpha value is -0.710. The zero-order chi connectivity index (χ0) is 21.2. The number of nitrogens with zero attached hydrogens (tertiary/aromatic N) is 3. The molecule has 0 saturated carbocycles. The Labute approximate surface area is 182 Å². The zero-order valence-electron chi connectivity index (χ0n) is 17.2. The second kappa shape index (κ2) is 9.62. The van der Waals surface area contributed by atoms with E-state index >= 15 is 0 Å². The minimum absolute atomic E-state index is 0.147. The minimum atomic E-state index is -3.69. The lowest BCUT2D eigenvalue weighted by Gasteiger charge is -2.39. The van der Waals surface area contributed by atoms with Crippen molar-refractivity contribution in [2.45, 2.75) is 43.1 Å². The highest BCUT2D eigenvalue weighted by molar-refractivity contribution is 7.91. The fourth-order valence-electron chi connectivity index (χ4n) is 4.13. The summed E-state index contributed by atoms with van der Waals surface area (Å²) >= 11 is 6.85. The van der Waals surface area contributed by atoms with Crippen molar-refractivity contribution in [3.63, 3.8) is 0 Å². The van der Waals surface area contributed by atoms with Gasteiger partial charge < -0.3 is 9.64 Å². The number of amides is 1. The van der Waals surface area contributed by atoms with Gasteiger partial charge in [0.1, 0.15) is 4.21 Å². The van der Waals surface area contributed by atoms with Gasteiger partial charge in [0.05, 0.1) is 23.1 Å². The molecule has 0 spiro atoms. The number of rotatable bonds is 6. The molecule has 0 aromatic carbocycles. The van der Waals surface area contributed by atoms with Crippen molar-refractivity contribution >= 4 is 38.9 Å². The highest BCUT2D eigenvalue weighted by Gasteiger charge is 2.30. The summed E-state index contributed by atoms with van der Waals surface area (Å²) in [6.07, 6.45) is 2.42. The van der Waals surface area contributed by atoms with Crippen LogP contribution in [-0.4, -0.2) is 87.0 Å². The molecule has 1 aromatic heterocycles. The van der Waals surface area contributed by atoms with E-state index < -0.39 is 10.0 Å². The number of morpholine rings is 1. The van der Waals surface area contributed by atoms with E-state index in [-0.39, 0.29) is 28.9 Å². The summed E-state index contributed by atoms with van der Waals surface area (Å²) in [7, 11) is -2.25. The van der Waals surface area contributed by atoms with Crippen molar-refractivity contribution in [2.75, 3.05) is 46.3 Å². The molecule has 2 saturated heterocycles. The van der Waals surface area contributed by atoms with Gasteiger partial charge in [0.2, 0.25) is 5.91 Å². The number of hydrogen-bond acceptors (Lipinski definition) is 6. The molecule has 1 amide bonds. The Morgan fingerprint density at radius 2 is 1.86 bits per heavy atom. The summed E-state index contributed by atoms with van der Waals surface area (Å²) in [6, 6.07) is 3.03. The summed E-state index contributed by atoms with van der Waals surface area (Å²) in [5, 5.41) is 0. The fraction of sp³-hybridized carbons (Fsp3) is 0.737. The second-order valence-electron chi connectivity index (χ2n) is 8.12. The molecule has 2 fully saturated rings. The average molecular weight is 464 g/mol. The first-order valence-corrected chi connectivity index (χ1v) is 12.7. The summed E-state index contributed by atoms with van der Waals surface area (Å²) < 4.78 is 32.6. The largest absolute Gasteiger partial charge is 0.373 e. The smallest absolute Gasteiger partial charge is 0.252 e. The summed E-state index contributed by atoms with van der Waals surface area (Å²) in [5.74, 6) is 0.414. The van der Waals surface area contributed by atoms with Gasteiger partial charge in [-0.2, -0.15) is 4.31 Å². The monoisotopic (exact) mass is 463 g/mol. The molecule has 7 nitrogen and oxygen atoms in total. The molecule has 0 N–H and O–H groups in total. The van der Waals surface area contributed by atoms with E-state index in [0.717, 1.165) is 48.1 Å². The normalized spacial score (nSPS) is 24.9. The number of piperidine rings is 1. The van der Waals surface area contributed by atoms with Crippen LogP contribution in [0.3, 0.4) is 0 Å². The van der Waals surface area contributed by atoms with Gasteiger partial charge in [-0.05, 0) is 44.7 Å². The van der Waals surface area contributed by atoms with Crippen LogP contribution in [0.25, 0.3) is 0 Å². The Kier molecular flexibility index (Phi) is 7.61. The van der Waals surface area contributed by atoms with E-state index in [2.05, 4.69) is 18.7 Å². The van der Waals surface area contributed by atoms with Crippen molar-refractivity contribution in [3.8, 4) is 0 Å². The number of sulfonamides is 1. The molecule has 2 unspecified atom stereocenters. The van der Waals surface area contributed by atoms with Crippen LogP contribution >= 0.6 is 22.9 Å². The van der Waals surface area contributed by atoms with E-state index in [1.807, 2.05) is 0 Å². The molecular weight excluding hydrogens is 434 g/mol. The Morgan fingerprint density at radius 3 is 2.41 bits per heavy atom. The van der Waals surface area contributed by atoms with Gasteiger partial charge in [-0.3, -0.25) is 9.69 Å². The van der Waals surface area contributed by atoms with Gasteiger partial charge in [-0.1, -0.05) is 11.6 Å². The van der Waals surface area contributed by atoms with E-state index in [1.165, 1.54) is 13.1 Å². The highest BCUT2D eigenvalue weighted by Crippen LogP contribution is 2.28. The maximum atomic E-state index is 12.6. The van der Waals surface area contributed by atoms with Gasteiger partial charge in [0.15, 0.2) is 0 Å². The molecule has 3 rings (SSSR count). The third kappa shape index (κ3) is 5.92. The quantitative estimate of drug-likeness (QED) is 0.647. The summed E-state index contributed by atoms with van der Waals surface area (Å²) in [4.78, 5) is 16.9. The molecule has 0 aliphatic carbocycles. The molecule has 10 heteroatoms. The third-order valence-corrected chi connectivity index (χ3v) is 9.05. The van der Waals surface area contributed by atoms with Crippen molar-refractivity contribution in [2.24, 2.45) is 5.92 Å². The average Bonchev–Trinajstić information content (AvgIpc) is 3.08. The number of ether oxygens (including phenoxy) is 1. The fourth-order valence-corrected chi connectivity index (χ4v) is 6.94. The number of thiophene rings is 1. The first kappa shape index (κ1) is 23.0. The second-order valence-corrected chi connectivity index (χ2v) is 12.1. The van der Waals surface area contributed by atoms with E-state index in [1.54, 1.807) is 11.0 Å². The van der Waals surface area contributed by atoms with Gasteiger partial charge in [-0.15, -0.1) is 11.3 Å². The summed E-state index contributed by atoms with van der Waals surface area (Å²) in [6.45, 7) is 8.37. The van der Waals surface area contributed by atoms with Crippen LogP contribution in [0, 0.1) is 5.92 Å². The molecule has 2 aliphatic rings. The van der Waals surface area contributed by atoms with Crippen LogP contribution in [0.2, 0.25) is 4.34 Å². The van der Waals surface area contributed by atoms with Gasteiger partial charge in [0.25, 0.3) is 10.0 Å². The molecular formula is C19H30ClN3O4S2. The standard InChI is InChI=1S/C19H30ClN3O4S2/c1-14-10-22(11-15(2)27-14)12-16-6-8-23(9-7-16)18(24)13-21(3)29(25,26)19-5-4-17(20)28-19/h4-5,14-16H,6-13H2,1-3H3. The number of carbonyl (C=O) groups excluding carboxylic acids is 1. The number of hydrogen-bond donors (Lipinski definition) is 0. The highest BCUT2D eigenvalue weighted by atomic mass is 35.5. The zero-order valence-corrected chi connectivity index (χ0v) is 19.6. The van der Waals surface area contributed by atoms with Crippen LogP contribution in [0.4, 0.5) is 0 Å². The Bertz CT molecular complexity index is 798. The van der Waals surface area contributed by atoms with Crippen LogP contribution in [0.1, 0.15) is 26.7 Å². The third-order valence-electron chi connectivity index (χ3n) is 5.55. The van der Waals surface area contributed by atoms with Gasteiger partial charge in [0, 0.05) is 39.8 Å². The van der Waals surface area contributed by atoms with E-state index in [4.69, 9.17) is 16.3 Å². The van der Waals surface area contributed by atoms with E-state index in [0.29, 0.717) is 23.3 Å². The summed E-state index contributed by atoms with van der Waals surface area (Å²) in [5.41, 5.74) is 0. The Morgan fingerprint density at radius 1 is 1.24 bits per heavy atom. The molecule has 0 bridgehead atoms. The Balaban J connectivity index is 1.47. The maximum absolute atomic E-state index is 12.6. The van der Waals surface area contributed by atoms with Crippen LogP contribution < -0.4 is 0 Å². The number of likely N-dealkylation sites (N-methyl/N-ethyl adjacent to an activating group) is 1. The molecule has 164 valence electrons. The lowest BCUT2D eigenvalue weighted by atomic mass is 9.95. The topological polar surface area (TPSA) is 70.2 Å². The first-order chi connectivity index (χ1) is 13.6. The first-order valence-electron chi connectivity index (χ1n) is 10.0. The van der Waals surface area contributed by atoms with Crippen LogP contribution in [0.5, 0.6) is 0 Å². The molecule has 0 radical (unpaired) electrons. The van der Waals surface area contributed by atoms with Crippen molar-refractivity contribution < 1.29 is 17.9 Å². The maximum Gasteiger partial charge on any atom is 0.252 e. The van der Waals surface area contributed by atoms with Gasteiger partial charge in [-0.25, -0.2) is 8.42 Å². The van der Waals surface area contributed by atoms with E-state index in [9.17, 15) is 13.2 Å². The lowest BCUT2D eigenvalue weighted by molar-refractivity contribution is -0.132. The van der Waals surface area contributed by atoms with Crippen molar-refractivity contribution in [1.29, 1.82) is 0 Å². The van der Waals surface area contributed by atoms with Gasteiger partial charge >= 0.3 is 0 Å². The van der Waals surface area contributed by atoms with Crippen LogP contribution in [0.15, 0.2) is 16.3 Å². The predicted molar refractivity (Wildman–Crippen MR) is 115 cm³/mol. The predicted octanol–water partition coefficient (Wildman–Crippen LogP) is 2.37. The minimum Gasteiger partial charge on any atom is -0.373 e.